The first-order valence-corrected chi connectivity index (χ1v) is 6.65. The summed E-state index contributed by atoms with van der Waals surface area (Å²) in [5.41, 5.74) is 7.35. The summed E-state index contributed by atoms with van der Waals surface area (Å²) in [7, 11) is 0. The largest absolute Gasteiger partial charge is 0.383 e. The second kappa shape index (κ2) is 4.75. The van der Waals surface area contributed by atoms with E-state index in [0.29, 0.717) is 21.1 Å². The monoisotopic (exact) mass is 334 g/mol. The van der Waals surface area contributed by atoms with Crippen molar-refractivity contribution < 1.29 is 0 Å². The summed E-state index contributed by atoms with van der Waals surface area (Å²) in [5, 5.41) is 1.52. The molecule has 0 aliphatic carbocycles. The number of nitrogens with zero attached hydrogens (tertiary/aromatic N) is 3. The molecule has 94 valence electrons. The van der Waals surface area contributed by atoms with Crippen LogP contribution in [0.1, 0.15) is 0 Å². The van der Waals surface area contributed by atoms with Crippen LogP contribution < -0.4 is 5.73 Å². The third kappa shape index (κ3) is 2.15. The highest BCUT2D eigenvalue weighted by Crippen LogP contribution is 2.30. The standard InChI is InChI=1S/C13H8BrClN4/c14-9-6-18-13(19-12(9)16)8-3-4-10(15)7-2-1-5-17-11(7)8/h1-6H,(H2,16,18,19). The summed E-state index contributed by atoms with van der Waals surface area (Å²) in [6, 6.07) is 7.41. The minimum Gasteiger partial charge on any atom is -0.383 e. The Kier molecular flexibility index (Phi) is 3.08. The summed E-state index contributed by atoms with van der Waals surface area (Å²) < 4.78 is 0.669. The summed E-state index contributed by atoms with van der Waals surface area (Å²) in [5.74, 6) is 0.921. The van der Waals surface area contributed by atoms with Crippen LogP contribution in [0.3, 0.4) is 0 Å². The maximum absolute atomic E-state index is 6.16. The van der Waals surface area contributed by atoms with Gasteiger partial charge in [-0.1, -0.05) is 11.6 Å². The molecule has 4 nitrogen and oxygen atoms in total. The molecule has 2 heterocycles. The molecule has 0 aliphatic rings. The van der Waals surface area contributed by atoms with Gasteiger partial charge in [0.2, 0.25) is 0 Å². The Bertz CT molecular complexity index is 776. The number of halogens is 2. The highest BCUT2D eigenvalue weighted by Gasteiger charge is 2.11. The molecule has 19 heavy (non-hydrogen) atoms. The zero-order valence-corrected chi connectivity index (χ0v) is 12.0. The number of pyridine rings is 1. The average molecular weight is 336 g/mol. The van der Waals surface area contributed by atoms with Gasteiger partial charge in [-0.3, -0.25) is 4.98 Å². The van der Waals surface area contributed by atoms with E-state index in [9.17, 15) is 0 Å². The summed E-state index contributed by atoms with van der Waals surface area (Å²) in [6.07, 6.45) is 3.34. The van der Waals surface area contributed by atoms with Gasteiger partial charge in [0.1, 0.15) is 5.82 Å². The SMILES string of the molecule is Nc1nc(-c2ccc(Cl)c3cccnc23)ncc1Br. The van der Waals surface area contributed by atoms with Crippen molar-refractivity contribution in [2.75, 3.05) is 5.73 Å². The fraction of sp³-hybridized carbons (Fsp3) is 0. The molecule has 0 saturated heterocycles. The molecule has 0 spiro atoms. The summed E-state index contributed by atoms with van der Waals surface area (Å²) in [6.45, 7) is 0. The molecule has 3 rings (SSSR count). The predicted octanol–water partition coefficient (Wildman–Crippen LogP) is 3.69. The number of fused-ring (bicyclic) bond motifs is 1. The van der Waals surface area contributed by atoms with Gasteiger partial charge in [-0.25, -0.2) is 9.97 Å². The maximum Gasteiger partial charge on any atom is 0.163 e. The van der Waals surface area contributed by atoms with E-state index in [1.807, 2.05) is 24.3 Å². The van der Waals surface area contributed by atoms with Crippen molar-refractivity contribution >= 4 is 44.3 Å². The number of hydrogen-bond acceptors (Lipinski definition) is 4. The minimum absolute atomic E-state index is 0.393. The van der Waals surface area contributed by atoms with Crippen molar-refractivity contribution in [2.24, 2.45) is 0 Å². The average Bonchev–Trinajstić information content (AvgIpc) is 2.43. The molecule has 0 bridgehead atoms. The second-order valence-electron chi connectivity index (χ2n) is 3.92. The van der Waals surface area contributed by atoms with Gasteiger partial charge in [0.15, 0.2) is 5.82 Å². The van der Waals surface area contributed by atoms with Gasteiger partial charge in [0.05, 0.1) is 15.0 Å². The van der Waals surface area contributed by atoms with Crippen LogP contribution in [0.2, 0.25) is 5.02 Å². The van der Waals surface area contributed by atoms with Crippen LogP contribution in [-0.4, -0.2) is 15.0 Å². The van der Waals surface area contributed by atoms with E-state index in [1.165, 1.54) is 0 Å². The van der Waals surface area contributed by atoms with Crippen molar-refractivity contribution in [3.05, 3.63) is 46.2 Å². The Morgan fingerprint density at radius 3 is 2.79 bits per heavy atom. The smallest absolute Gasteiger partial charge is 0.163 e. The lowest BCUT2D eigenvalue weighted by Crippen LogP contribution is -1.97. The van der Waals surface area contributed by atoms with Gasteiger partial charge in [-0.15, -0.1) is 0 Å². The number of nitrogen functional groups attached to an aromatic ring is 1. The van der Waals surface area contributed by atoms with Gasteiger partial charge in [-0.05, 0) is 40.2 Å². The van der Waals surface area contributed by atoms with Gasteiger partial charge < -0.3 is 5.73 Å². The van der Waals surface area contributed by atoms with Gasteiger partial charge in [0.25, 0.3) is 0 Å². The van der Waals surface area contributed by atoms with E-state index in [2.05, 4.69) is 30.9 Å². The predicted molar refractivity (Wildman–Crippen MR) is 79.9 cm³/mol. The first-order valence-electron chi connectivity index (χ1n) is 5.48. The molecule has 2 N–H and O–H groups in total. The first kappa shape index (κ1) is 12.3. The molecular formula is C13H8BrClN4. The molecule has 0 unspecified atom stereocenters. The molecule has 6 heteroatoms. The Balaban J connectivity index is 2.31. The molecule has 2 aromatic heterocycles. The summed E-state index contributed by atoms with van der Waals surface area (Å²) in [4.78, 5) is 12.9. The van der Waals surface area contributed by atoms with E-state index >= 15 is 0 Å². The van der Waals surface area contributed by atoms with Crippen LogP contribution >= 0.6 is 27.5 Å². The molecule has 0 fully saturated rings. The molecule has 0 radical (unpaired) electrons. The Morgan fingerprint density at radius 1 is 1.16 bits per heavy atom. The fourth-order valence-corrected chi connectivity index (χ4v) is 2.23. The first-order chi connectivity index (χ1) is 9.16. The molecule has 3 aromatic rings. The van der Waals surface area contributed by atoms with Gasteiger partial charge in [-0.2, -0.15) is 0 Å². The zero-order chi connectivity index (χ0) is 13.4. The Hall–Kier alpha value is -1.72. The lowest BCUT2D eigenvalue weighted by atomic mass is 10.1. The highest BCUT2D eigenvalue weighted by molar-refractivity contribution is 9.10. The Labute approximate surface area is 122 Å². The molecule has 0 aliphatic heterocycles. The van der Waals surface area contributed by atoms with Crippen LogP contribution in [0.5, 0.6) is 0 Å². The quantitative estimate of drug-likeness (QED) is 0.736. The topological polar surface area (TPSA) is 64.7 Å². The van der Waals surface area contributed by atoms with Crippen molar-refractivity contribution in [1.29, 1.82) is 0 Å². The van der Waals surface area contributed by atoms with Crippen LogP contribution in [0.15, 0.2) is 41.1 Å². The molecule has 1 aromatic carbocycles. The van der Waals surface area contributed by atoms with E-state index in [0.717, 1.165) is 16.5 Å². The number of nitrogens with two attached hydrogens (primary N) is 1. The normalized spacial score (nSPS) is 10.8. The van der Waals surface area contributed by atoms with Crippen LogP contribution in [0, 0.1) is 0 Å². The van der Waals surface area contributed by atoms with Crippen LogP contribution in [0.4, 0.5) is 5.82 Å². The number of anilines is 1. The third-order valence-corrected chi connectivity index (χ3v) is 3.67. The zero-order valence-electron chi connectivity index (χ0n) is 9.64. The maximum atomic E-state index is 6.16. The molecule has 0 amide bonds. The van der Waals surface area contributed by atoms with E-state index in [1.54, 1.807) is 12.4 Å². The fourth-order valence-electron chi connectivity index (χ4n) is 1.83. The minimum atomic E-state index is 0.393. The van der Waals surface area contributed by atoms with Crippen LogP contribution in [0.25, 0.3) is 22.3 Å². The third-order valence-electron chi connectivity index (χ3n) is 2.73. The van der Waals surface area contributed by atoms with Crippen molar-refractivity contribution in [2.45, 2.75) is 0 Å². The van der Waals surface area contributed by atoms with Crippen molar-refractivity contribution in [3.8, 4) is 11.4 Å². The van der Waals surface area contributed by atoms with Gasteiger partial charge in [0, 0.05) is 23.3 Å². The van der Waals surface area contributed by atoms with Gasteiger partial charge >= 0.3 is 0 Å². The second-order valence-corrected chi connectivity index (χ2v) is 5.18. The van der Waals surface area contributed by atoms with E-state index < -0.39 is 0 Å². The Morgan fingerprint density at radius 2 is 2.00 bits per heavy atom. The van der Waals surface area contributed by atoms with Crippen LogP contribution in [-0.2, 0) is 0 Å². The van der Waals surface area contributed by atoms with E-state index in [4.69, 9.17) is 17.3 Å². The summed E-state index contributed by atoms with van der Waals surface area (Å²) >= 11 is 9.44. The lowest BCUT2D eigenvalue weighted by Gasteiger charge is -2.07. The molecule has 0 saturated carbocycles. The van der Waals surface area contributed by atoms with Crippen molar-refractivity contribution in [3.63, 3.8) is 0 Å². The molecular weight excluding hydrogens is 328 g/mol. The van der Waals surface area contributed by atoms with Crippen molar-refractivity contribution in [1.82, 2.24) is 15.0 Å². The molecule has 0 atom stereocenters. The lowest BCUT2D eigenvalue weighted by molar-refractivity contribution is 1.17. The van der Waals surface area contributed by atoms with E-state index in [-0.39, 0.29) is 0 Å². The number of benzene rings is 1. The number of rotatable bonds is 1. The number of aromatic nitrogens is 3. The number of hydrogen-bond donors (Lipinski definition) is 1. The highest BCUT2D eigenvalue weighted by atomic mass is 79.9.